The van der Waals surface area contributed by atoms with E-state index >= 15 is 0 Å². The number of aromatic amines is 1. The van der Waals surface area contributed by atoms with E-state index in [9.17, 15) is 14.4 Å². The highest BCUT2D eigenvalue weighted by atomic mass is 16.6. The van der Waals surface area contributed by atoms with Crippen LogP contribution in [0.2, 0.25) is 0 Å². The van der Waals surface area contributed by atoms with Crippen molar-refractivity contribution >= 4 is 17.9 Å². The minimum absolute atomic E-state index is 0.110. The summed E-state index contributed by atoms with van der Waals surface area (Å²) in [6.45, 7) is 8.86. The molecule has 23 heavy (non-hydrogen) atoms. The van der Waals surface area contributed by atoms with Crippen LogP contribution in [0.15, 0.2) is 10.9 Å². The number of hydrogen-bond acceptors (Lipinski definition) is 4. The van der Waals surface area contributed by atoms with Crippen molar-refractivity contribution in [1.29, 1.82) is 0 Å². The SMILES string of the molecule is CC1C(CC(=O)O)C(C)n2[nH]c(=O)cc2N1C(=O)OC(C)(C)C. The third-order valence-corrected chi connectivity index (χ3v) is 4.04. The van der Waals surface area contributed by atoms with E-state index in [1.165, 1.54) is 11.0 Å². The molecular weight excluding hydrogens is 302 g/mol. The lowest BCUT2D eigenvalue weighted by molar-refractivity contribution is -0.138. The summed E-state index contributed by atoms with van der Waals surface area (Å²) in [5.41, 5.74) is -1.03. The molecule has 1 amide bonds. The second kappa shape index (κ2) is 5.75. The average molecular weight is 325 g/mol. The Labute approximate surface area is 134 Å². The lowest BCUT2D eigenvalue weighted by Crippen LogP contribution is -2.52. The second-order valence-corrected chi connectivity index (χ2v) is 6.94. The number of carbonyl (C=O) groups excluding carboxylic acids is 1. The Bertz CT molecular complexity index is 669. The number of rotatable bonds is 2. The number of nitrogens with zero attached hydrogens (tertiary/aromatic N) is 2. The summed E-state index contributed by atoms with van der Waals surface area (Å²) in [7, 11) is 0. The summed E-state index contributed by atoms with van der Waals surface area (Å²) < 4.78 is 6.95. The van der Waals surface area contributed by atoms with Gasteiger partial charge in [-0.25, -0.2) is 4.79 Å². The molecule has 2 rings (SSSR count). The highest BCUT2D eigenvalue weighted by molar-refractivity contribution is 5.88. The van der Waals surface area contributed by atoms with Gasteiger partial charge < -0.3 is 9.84 Å². The van der Waals surface area contributed by atoms with Gasteiger partial charge in [0.25, 0.3) is 5.56 Å². The highest BCUT2D eigenvalue weighted by Crippen LogP contribution is 2.37. The summed E-state index contributed by atoms with van der Waals surface area (Å²) >= 11 is 0. The first-order chi connectivity index (χ1) is 10.5. The van der Waals surface area contributed by atoms with E-state index in [-0.39, 0.29) is 23.9 Å². The monoisotopic (exact) mass is 325 g/mol. The summed E-state index contributed by atoms with van der Waals surface area (Å²) in [6, 6.07) is 0.664. The fraction of sp³-hybridized carbons (Fsp3) is 0.667. The van der Waals surface area contributed by atoms with Gasteiger partial charge in [0.1, 0.15) is 11.4 Å². The van der Waals surface area contributed by atoms with Gasteiger partial charge in [-0.2, -0.15) is 0 Å². The van der Waals surface area contributed by atoms with Gasteiger partial charge in [-0.1, -0.05) is 0 Å². The standard InChI is InChI=1S/C15H23N3O5/c1-8-10(6-13(20)21)9(2)18-12(7-11(19)16-18)17(8)14(22)23-15(3,4)5/h7-10H,6H2,1-5H3,(H,16,19)(H,20,21). The number of fused-ring (bicyclic) bond motifs is 1. The molecule has 8 heteroatoms. The first-order valence-electron chi connectivity index (χ1n) is 7.57. The van der Waals surface area contributed by atoms with Crippen LogP contribution in [-0.2, 0) is 9.53 Å². The maximum atomic E-state index is 12.6. The molecule has 8 nitrogen and oxygen atoms in total. The molecule has 0 spiro atoms. The van der Waals surface area contributed by atoms with Crippen molar-refractivity contribution in [3.63, 3.8) is 0 Å². The topological polar surface area (TPSA) is 105 Å². The van der Waals surface area contributed by atoms with E-state index in [1.807, 2.05) is 6.92 Å². The molecule has 2 N–H and O–H groups in total. The number of nitrogens with one attached hydrogen (secondary N) is 1. The minimum Gasteiger partial charge on any atom is -0.481 e. The Balaban J connectivity index is 2.46. The Hall–Kier alpha value is -2.25. The number of amides is 1. The normalized spacial score (nSPS) is 24.2. The van der Waals surface area contributed by atoms with Crippen molar-refractivity contribution in [3.05, 3.63) is 16.4 Å². The van der Waals surface area contributed by atoms with Gasteiger partial charge in [-0.15, -0.1) is 0 Å². The largest absolute Gasteiger partial charge is 0.481 e. The fourth-order valence-corrected chi connectivity index (χ4v) is 3.00. The van der Waals surface area contributed by atoms with Crippen molar-refractivity contribution in [3.8, 4) is 0 Å². The number of ether oxygens (including phenoxy) is 1. The van der Waals surface area contributed by atoms with Crippen LogP contribution in [0.5, 0.6) is 0 Å². The van der Waals surface area contributed by atoms with E-state index in [2.05, 4.69) is 5.10 Å². The van der Waals surface area contributed by atoms with Crippen LogP contribution in [0.1, 0.15) is 47.1 Å². The quantitative estimate of drug-likeness (QED) is 0.865. The highest BCUT2D eigenvalue weighted by Gasteiger charge is 2.42. The molecule has 0 saturated heterocycles. The van der Waals surface area contributed by atoms with Crippen LogP contribution < -0.4 is 10.5 Å². The average Bonchev–Trinajstić information content (AvgIpc) is 2.74. The molecule has 1 aliphatic rings. The zero-order valence-electron chi connectivity index (χ0n) is 14.0. The predicted octanol–water partition coefficient (Wildman–Crippen LogP) is 1.97. The first-order valence-corrected chi connectivity index (χ1v) is 7.57. The fourth-order valence-electron chi connectivity index (χ4n) is 3.00. The van der Waals surface area contributed by atoms with Crippen molar-refractivity contribution in [1.82, 2.24) is 9.78 Å². The molecule has 1 aliphatic heterocycles. The third-order valence-electron chi connectivity index (χ3n) is 4.04. The van der Waals surface area contributed by atoms with Crippen LogP contribution in [0.3, 0.4) is 0 Å². The molecule has 128 valence electrons. The van der Waals surface area contributed by atoms with E-state index < -0.39 is 23.7 Å². The van der Waals surface area contributed by atoms with E-state index in [1.54, 1.807) is 32.4 Å². The van der Waals surface area contributed by atoms with E-state index in [0.29, 0.717) is 5.82 Å². The molecule has 0 fully saturated rings. The maximum Gasteiger partial charge on any atom is 0.416 e. The van der Waals surface area contributed by atoms with Crippen LogP contribution in [0.4, 0.5) is 10.6 Å². The molecule has 1 aromatic rings. The number of carbonyl (C=O) groups is 2. The van der Waals surface area contributed by atoms with Gasteiger partial charge in [-0.3, -0.25) is 24.3 Å². The maximum absolute atomic E-state index is 12.6. The molecule has 0 saturated carbocycles. The number of carboxylic acids is 1. The third kappa shape index (κ3) is 3.40. The smallest absolute Gasteiger partial charge is 0.416 e. The van der Waals surface area contributed by atoms with Gasteiger partial charge >= 0.3 is 12.1 Å². The van der Waals surface area contributed by atoms with E-state index in [4.69, 9.17) is 9.84 Å². The number of H-pyrrole nitrogens is 1. The number of aromatic nitrogens is 2. The molecule has 2 heterocycles. The lowest BCUT2D eigenvalue weighted by atomic mass is 9.87. The van der Waals surface area contributed by atoms with Gasteiger partial charge in [0.2, 0.25) is 0 Å². The summed E-state index contributed by atoms with van der Waals surface area (Å²) in [5, 5.41) is 11.8. The van der Waals surface area contributed by atoms with Crippen LogP contribution in [-0.4, -0.2) is 38.6 Å². The van der Waals surface area contributed by atoms with Crippen molar-refractivity contribution < 1.29 is 19.4 Å². The van der Waals surface area contributed by atoms with Crippen molar-refractivity contribution in [2.45, 2.75) is 58.7 Å². The number of carboxylic acid groups (broad SMARTS) is 1. The Kier molecular flexibility index (Phi) is 4.28. The summed E-state index contributed by atoms with van der Waals surface area (Å²) in [6.07, 6.45) is -0.707. The first kappa shape index (κ1) is 17.1. The van der Waals surface area contributed by atoms with Crippen LogP contribution in [0, 0.1) is 5.92 Å². The zero-order chi connectivity index (χ0) is 17.5. The molecule has 0 aliphatic carbocycles. The Morgan fingerprint density at radius 3 is 2.43 bits per heavy atom. The summed E-state index contributed by atoms with van der Waals surface area (Å²) in [5.74, 6) is -0.905. The van der Waals surface area contributed by atoms with Crippen molar-refractivity contribution in [2.75, 3.05) is 4.90 Å². The second-order valence-electron chi connectivity index (χ2n) is 6.94. The molecule has 0 radical (unpaired) electrons. The van der Waals surface area contributed by atoms with E-state index in [0.717, 1.165) is 0 Å². The van der Waals surface area contributed by atoms with Gasteiger partial charge in [0.15, 0.2) is 0 Å². The summed E-state index contributed by atoms with van der Waals surface area (Å²) in [4.78, 5) is 36.8. The Morgan fingerprint density at radius 2 is 1.91 bits per heavy atom. The van der Waals surface area contributed by atoms with Gasteiger partial charge in [0.05, 0.1) is 12.5 Å². The predicted molar refractivity (Wildman–Crippen MR) is 83.7 cm³/mol. The molecular formula is C15H23N3O5. The van der Waals surface area contributed by atoms with Crippen LogP contribution >= 0.6 is 0 Å². The van der Waals surface area contributed by atoms with Crippen molar-refractivity contribution in [2.24, 2.45) is 5.92 Å². The van der Waals surface area contributed by atoms with Gasteiger partial charge in [0, 0.05) is 18.0 Å². The van der Waals surface area contributed by atoms with Crippen LogP contribution in [0.25, 0.3) is 0 Å². The number of aliphatic carboxylic acids is 1. The molecule has 1 aromatic heterocycles. The van der Waals surface area contributed by atoms with Gasteiger partial charge in [-0.05, 0) is 34.6 Å². The molecule has 3 atom stereocenters. The minimum atomic E-state index is -0.948. The zero-order valence-corrected chi connectivity index (χ0v) is 14.0. The molecule has 0 bridgehead atoms. The lowest BCUT2D eigenvalue weighted by Gasteiger charge is -2.42. The number of anilines is 1. The molecule has 3 unspecified atom stereocenters. The number of hydrogen-bond donors (Lipinski definition) is 2. The Morgan fingerprint density at radius 1 is 1.30 bits per heavy atom. The molecule has 0 aromatic carbocycles.